The van der Waals surface area contributed by atoms with E-state index < -0.39 is 0 Å². The first-order valence-electron chi connectivity index (χ1n) is 5.74. The van der Waals surface area contributed by atoms with Crippen molar-refractivity contribution < 1.29 is 9.63 Å². The molecule has 16 heavy (non-hydrogen) atoms. The average molecular weight is 230 g/mol. The summed E-state index contributed by atoms with van der Waals surface area (Å²) in [4.78, 5) is 16.6. The standard InChI is InChI=1S/C10H22N4O2/c1-11-5-6-16-14-10(15)9-4-3-8(12-2)7-13-9/h8-9,11-13H,3-7H2,1-2H3,(H,14,15)/t8-,9+/m1/s1. The van der Waals surface area contributed by atoms with Crippen LogP contribution < -0.4 is 21.4 Å². The molecular weight excluding hydrogens is 208 g/mol. The molecule has 0 aliphatic carbocycles. The predicted molar refractivity (Wildman–Crippen MR) is 61.9 cm³/mol. The summed E-state index contributed by atoms with van der Waals surface area (Å²) < 4.78 is 0. The summed E-state index contributed by atoms with van der Waals surface area (Å²) in [5, 5.41) is 9.31. The third-order valence-corrected chi connectivity index (χ3v) is 2.77. The van der Waals surface area contributed by atoms with E-state index >= 15 is 0 Å². The van der Waals surface area contributed by atoms with Gasteiger partial charge in [0.15, 0.2) is 0 Å². The highest BCUT2D eigenvalue weighted by Gasteiger charge is 2.24. The van der Waals surface area contributed by atoms with E-state index in [-0.39, 0.29) is 11.9 Å². The molecule has 94 valence electrons. The van der Waals surface area contributed by atoms with Gasteiger partial charge < -0.3 is 16.0 Å². The van der Waals surface area contributed by atoms with Gasteiger partial charge in [-0.3, -0.25) is 9.63 Å². The van der Waals surface area contributed by atoms with Gasteiger partial charge in [-0.2, -0.15) is 0 Å². The number of hydrogen-bond acceptors (Lipinski definition) is 5. The lowest BCUT2D eigenvalue weighted by molar-refractivity contribution is -0.136. The van der Waals surface area contributed by atoms with Crippen LogP contribution in [0.25, 0.3) is 0 Å². The maximum atomic E-state index is 11.6. The van der Waals surface area contributed by atoms with Gasteiger partial charge >= 0.3 is 0 Å². The van der Waals surface area contributed by atoms with Crippen molar-refractivity contribution in [3.8, 4) is 0 Å². The van der Waals surface area contributed by atoms with Crippen LogP contribution in [0.1, 0.15) is 12.8 Å². The van der Waals surface area contributed by atoms with Crippen molar-refractivity contribution in [1.82, 2.24) is 21.4 Å². The maximum Gasteiger partial charge on any atom is 0.260 e. The van der Waals surface area contributed by atoms with Crippen LogP contribution in [0.4, 0.5) is 0 Å². The molecule has 1 heterocycles. The van der Waals surface area contributed by atoms with Crippen molar-refractivity contribution in [2.24, 2.45) is 0 Å². The molecule has 6 nitrogen and oxygen atoms in total. The molecule has 6 heteroatoms. The van der Waals surface area contributed by atoms with Gasteiger partial charge in [0.2, 0.25) is 0 Å². The molecule has 1 aliphatic heterocycles. The number of rotatable bonds is 6. The van der Waals surface area contributed by atoms with Gasteiger partial charge in [0.25, 0.3) is 5.91 Å². The third-order valence-electron chi connectivity index (χ3n) is 2.77. The van der Waals surface area contributed by atoms with Gasteiger partial charge in [0, 0.05) is 19.1 Å². The maximum absolute atomic E-state index is 11.6. The van der Waals surface area contributed by atoms with E-state index in [2.05, 4.69) is 21.4 Å². The number of amides is 1. The molecule has 4 N–H and O–H groups in total. The minimum absolute atomic E-state index is 0.0781. The zero-order valence-corrected chi connectivity index (χ0v) is 10.0. The van der Waals surface area contributed by atoms with Gasteiger partial charge in [0.05, 0.1) is 12.6 Å². The fourth-order valence-corrected chi connectivity index (χ4v) is 1.67. The Morgan fingerprint density at radius 3 is 2.81 bits per heavy atom. The molecule has 0 radical (unpaired) electrons. The van der Waals surface area contributed by atoms with Gasteiger partial charge in [-0.15, -0.1) is 0 Å². The van der Waals surface area contributed by atoms with Gasteiger partial charge in [-0.05, 0) is 26.9 Å². The lowest BCUT2D eigenvalue weighted by Gasteiger charge is -2.28. The normalized spacial score (nSPS) is 25.4. The summed E-state index contributed by atoms with van der Waals surface area (Å²) >= 11 is 0. The van der Waals surface area contributed by atoms with Crippen LogP contribution in [0.3, 0.4) is 0 Å². The highest BCUT2D eigenvalue weighted by Crippen LogP contribution is 2.07. The molecule has 1 rings (SSSR count). The highest BCUT2D eigenvalue weighted by molar-refractivity contribution is 5.80. The molecule has 0 saturated carbocycles. The quantitative estimate of drug-likeness (QED) is 0.333. The number of hydroxylamine groups is 1. The molecule has 1 fully saturated rings. The average Bonchev–Trinajstić information content (AvgIpc) is 2.34. The Kier molecular flexibility index (Phi) is 6.32. The van der Waals surface area contributed by atoms with E-state index in [0.717, 1.165) is 25.9 Å². The highest BCUT2D eigenvalue weighted by atomic mass is 16.7. The molecule has 2 atom stereocenters. The molecule has 1 saturated heterocycles. The van der Waals surface area contributed by atoms with Gasteiger partial charge in [-0.1, -0.05) is 0 Å². The van der Waals surface area contributed by atoms with Crippen molar-refractivity contribution in [2.45, 2.75) is 24.9 Å². The van der Waals surface area contributed by atoms with Crippen LogP contribution >= 0.6 is 0 Å². The van der Waals surface area contributed by atoms with E-state index in [1.54, 1.807) is 0 Å². The molecule has 0 spiro atoms. The Hall–Kier alpha value is -0.690. The van der Waals surface area contributed by atoms with E-state index in [1.807, 2.05) is 14.1 Å². The summed E-state index contributed by atoms with van der Waals surface area (Å²) in [6, 6.07) is 0.341. The molecule has 0 bridgehead atoms. The topological polar surface area (TPSA) is 74.4 Å². The van der Waals surface area contributed by atoms with Gasteiger partial charge in [-0.25, -0.2) is 5.48 Å². The van der Waals surface area contributed by atoms with Crippen molar-refractivity contribution in [2.75, 3.05) is 33.8 Å². The Balaban J connectivity index is 2.13. The lowest BCUT2D eigenvalue weighted by atomic mass is 10.0. The predicted octanol–water partition coefficient (Wildman–Crippen LogP) is -1.41. The van der Waals surface area contributed by atoms with E-state index in [4.69, 9.17) is 4.84 Å². The number of nitrogens with one attached hydrogen (secondary N) is 4. The van der Waals surface area contributed by atoms with Crippen molar-refractivity contribution >= 4 is 5.91 Å². The molecule has 0 aromatic carbocycles. The Labute approximate surface area is 96.4 Å². The smallest absolute Gasteiger partial charge is 0.260 e. The Morgan fingerprint density at radius 2 is 2.25 bits per heavy atom. The van der Waals surface area contributed by atoms with E-state index in [9.17, 15) is 4.79 Å². The summed E-state index contributed by atoms with van der Waals surface area (Å²) in [5.41, 5.74) is 2.46. The van der Waals surface area contributed by atoms with Crippen LogP contribution in [-0.2, 0) is 9.63 Å². The number of carbonyl (C=O) groups excluding carboxylic acids is 1. The second-order valence-corrected chi connectivity index (χ2v) is 3.94. The van der Waals surface area contributed by atoms with E-state index in [0.29, 0.717) is 12.6 Å². The van der Waals surface area contributed by atoms with Crippen LogP contribution in [-0.4, -0.2) is 51.8 Å². The Bertz CT molecular complexity index is 205. The number of hydrogen-bond donors (Lipinski definition) is 4. The molecule has 0 aromatic rings. The number of piperidine rings is 1. The number of likely N-dealkylation sites (N-methyl/N-ethyl adjacent to an activating group) is 2. The zero-order chi connectivity index (χ0) is 11.8. The van der Waals surface area contributed by atoms with Crippen molar-refractivity contribution in [3.63, 3.8) is 0 Å². The fourth-order valence-electron chi connectivity index (χ4n) is 1.67. The molecule has 0 aromatic heterocycles. The summed E-state index contributed by atoms with van der Waals surface area (Å²) in [6.45, 7) is 2.03. The molecule has 0 unspecified atom stereocenters. The van der Waals surface area contributed by atoms with Crippen molar-refractivity contribution in [3.05, 3.63) is 0 Å². The Morgan fingerprint density at radius 1 is 1.44 bits per heavy atom. The third kappa shape index (κ3) is 4.44. The summed E-state index contributed by atoms with van der Waals surface area (Å²) in [5.74, 6) is -0.0781. The largest absolute Gasteiger partial charge is 0.317 e. The minimum atomic E-state index is -0.126. The van der Waals surface area contributed by atoms with Crippen molar-refractivity contribution in [1.29, 1.82) is 0 Å². The molecule has 1 amide bonds. The van der Waals surface area contributed by atoms with E-state index in [1.165, 1.54) is 0 Å². The molecular formula is C10H22N4O2. The fraction of sp³-hybridized carbons (Fsp3) is 0.900. The van der Waals surface area contributed by atoms with Crippen LogP contribution in [0.5, 0.6) is 0 Å². The monoisotopic (exact) mass is 230 g/mol. The first kappa shape index (κ1) is 13.4. The minimum Gasteiger partial charge on any atom is -0.317 e. The summed E-state index contributed by atoms with van der Waals surface area (Å²) in [7, 11) is 3.78. The molecule has 1 aliphatic rings. The number of carbonyl (C=O) groups is 1. The second-order valence-electron chi connectivity index (χ2n) is 3.94. The first-order chi connectivity index (χ1) is 7.77. The first-order valence-corrected chi connectivity index (χ1v) is 5.74. The van der Waals surface area contributed by atoms with Crippen LogP contribution in [0.15, 0.2) is 0 Å². The second kappa shape index (κ2) is 7.56. The summed E-state index contributed by atoms with van der Waals surface area (Å²) in [6.07, 6.45) is 1.85. The van der Waals surface area contributed by atoms with Crippen LogP contribution in [0.2, 0.25) is 0 Å². The SMILES string of the molecule is CNCCONC(=O)[C@@H]1CC[C@@H](NC)CN1. The lowest BCUT2D eigenvalue weighted by Crippen LogP contribution is -2.53. The van der Waals surface area contributed by atoms with Gasteiger partial charge in [0.1, 0.15) is 0 Å². The van der Waals surface area contributed by atoms with Crippen LogP contribution in [0, 0.1) is 0 Å². The zero-order valence-electron chi connectivity index (χ0n) is 10.0.